The number of hydrogen-bond donors (Lipinski definition) is 2. The van der Waals surface area contributed by atoms with E-state index in [4.69, 9.17) is 4.74 Å². The van der Waals surface area contributed by atoms with Gasteiger partial charge in [-0.25, -0.2) is 4.39 Å². The van der Waals surface area contributed by atoms with Crippen molar-refractivity contribution in [1.29, 1.82) is 0 Å². The summed E-state index contributed by atoms with van der Waals surface area (Å²) in [7, 11) is 1.57. The molecule has 0 atom stereocenters. The molecule has 0 unspecified atom stereocenters. The van der Waals surface area contributed by atoms with Gasteiger partial charge in [0, 0.05) is 11.8 Å². The SMILES string of the molecule is COc1ccc(C)cc1NC(=O)C1CCC(C(=O)Nc2ccccc2F)CC1. The number of nitrogens with one attached hydrogen (secondary N) is 2. The number of amides is 2. The Morgan fingerprint density at radius 3 is 2.07 bits per heavy atom. The van der Waals surface area contributed by atoms with E-state index in [9.17, 15) is 14.0 Å². The first-order valence-corrected chi connectivity index (χ1v) is 9.49. The maximum Gasteiger partial charge on any atom is 0.227 e. The third kappa shape index (κ3) is 4.68. The van der Waals surface area contributed by atoms with Crippen molar-refractivity contribution >= 4 is 23.2 Å². The van der Waals surface area contributed by atoms with Gasteiger partial charge in [-0.1, -0.05) is 18.2 Å². The second-order valence-electron chi connectivity index (χ2n) is 7.21. The predicted molar refractivity (Wildman–Crippen MR) is 107 cm³/mol. The van der Waals surface area contributed by atoms with Crippen LogP contribution >= 0.6 is 0 Å². The van der Waals surface area contributed by atoms with Crippen molar-refractivity contribution in [2.24, 2.45) is 11.8 Å². The first-order valence-electron chi connectivity index (χ1n) is 9.49. The minimum absolute atomic E-state index is 0.0585. The number of carbonyl (C=O) groups is 2. The van der Waals surface area contributed by atoms with E-state index in [-0.39, 0.29) is 29.3 Å². The van der Waals surface area contributed by atoms with Gasteiger partial charge in [0.1, 0.15) is 11.6 Å². The summed E-state index contributed by atoms with van der Waals surface area (Å²) in [5.41, 5.74) is 1.88. The van der Waals surface area contributed by atoms with Crippen LogP contribution < -0.4 is 15.4 Å². The van der Waals surface area contributed by atoms with Gasteiger partial charge in [0.15, 0.2) is 0 Å². The van der Waals surface area contributed by atoms with Gasteiger partial charge in [0.2, 0.25) is 11.8 Å². The van der Waals surface area contributed by atoms with E-state index in [1.165, 1.54) is 6.07 Å². The Bertz CT molecular complexity index is 861. The minimum Gasteiger partial charge on any atom is -0.495 e. The van der Waals surface area contributed by atoms with Crippen molar-refractivity contribution in [3.63, 3.8) is 0 Å². The van der Waals surface area contributed by atoms with E-state index < -0.39 is 5.82 Å². The number of halogens is 1. The van der Waals surface area contributed by atoms with Crippen LogP contribution in [0.3, 0.4) is 0 Å². The summed E-state index contributed by atoms with van der Waals surface area (Å²) >= 11 is 0. The molecule has 0 heterocycles. The molecule has 1 saturated carbocycles. The number of ether oxygens (including phenoxy) is 1. The van der Waals surface area contributed by atoms with Crippen molar-refractivity contribution in [3.05, 3.63) is 53.8 Å². The first-order chi connectivity index (χ1) is 13.5. The summed E-state index contributed by atoms with van der Waals surface area (Å²) in [4.78, 5) is 25.1. The lowest BCUT2D eigenvalue weighted by Gasteiger charge is -2.27. The van der Waals surface area contributed by atoms with Crippen molar-refractivity contribution < 1.29 is 18.7 Å². The fourth-order valence-electron chi connectivity index (χ4n) is 3.57. The summed E-state index contributed by atoms with van der Waals surface area (Å²) in [6.07, 6.45) is 2.44. The lowest BCUT2D eigenvalue weighted by molar-refractivity contribution is -0.125. The van der Waals surface area contributed by atoms with Crippen LogP contribution in [0.4, 0.5) is 15.8 Å². The van der Waals surface area contributed by atoms with Crippen LogP contribution in [0.1, 0.15) is 31.2 Å². The number of benzene rings is 2. The Labute approximate surface area is 164 Å². The smallest absolute Gasteiger partial charge is 0.227 e. The van der Waals surface area contributed by atoms with E-state index in [0.717, 1.165) is 5.56 Å². The monoisotopic (exact) mass is 384 g/mol. The van der Waals surface area contributed by atoms with E-state index in [1.807, 2.05) is 25.1 Å². The van der Waals surface area contributed by atoms with Crippen LogP contribution in [0.2, 0.25) is 0 Å². The van der Waals surface area contributed by atoms with Crippen LogP contribution in [0.15, 0.2) is 42.5 Å². The molecule has 0 bridgehead atoms. The van der Waals surface area contributed by atoms with Gasteiger partial charge in [-0.2, -0.15) is 0 Å². The Balaban J connectivity index is 1.55. The quantitative estimate of drug-likeness (QED) is 0.796. The highest BCUT2D eigenvalue weighted by molar-refractivity contribution is 5.95. The maximum absolute atomic E-state index is 13.7. The van der Waals surface area contributed by atoms with Gasteiger partial charge in [-0.05, 0) is 62.4 Å². The van der Waals surface area contributed by atoms with E-state index in [2.05, 4.69) is 10.6 Å². The largest absolute Gasteiger partial charge is 0.495 e. The molecule has 2 aromatic carbocycles. The molecule has 0 spiro atoms. The van der Waals surface area contributed by atoms with E-state index in [1.54, 1.807) is 25.3 Å². The predicted octanol–water partition coefficient (Wildman–Crippen LogP) is 4.53. The molecule has 1 fully saturated rings. The van der Waals surface area contributed by atoms with Gasteiger partial charge in [0.25, 0.3) is 0 Å². The average molecular weight is 384 g/mol. The Morgan fingerprint density at radius 1 is 0.929 bits per heavy atom. The zero-order chi connectivity index (χ0) is 20.1. The van der Waals surface area contributed by atoms with E-state index in [0.29, 0.717) is 37.1 Å². The summed E-state index contributed by atoms with van der Waals surface area (Å²) in [6.45, 7) is 1.95. The van der Waals surface area contributed by atoms with Gasteiger partial charge in [0.05, 0.1) is 18.5 Å². The second-order valence-corrected chi connectivity index (χ2v) is 7.21. The molecule has 1 aliphatic carbocycles. The van der Waals surface area contributed by atoms with Crippen molar-refractivity contribution in [3.8, 4) is 5.75 Å². The minimum atomic E-state index is -0.448. The summed E-state index contributed by atoms with van der Waals surface area (Å²) in [5, 5.41) is 5.60. The Hall–Kier alpha value is -2.89. The molecule has 148 valence electrons. The first kappa shape index (κ1) is 19.9. The average Bonchev–Trinajstić information content (AvgIpc) is 2.70. The van der Waals surface area contributed by atoms with Gasteiger partial charge in [-0.3, -0.25) is 9.59 Å². The van der Waals surface area contributed by atoms with Crippen molar-refractivity contribution in [2.75, 3.05) is 17.7 Å². The van der Waals surface area contributed by atoms with Gasteiger partial charge >= 0.3 is 0 Å². The molecule has 2 amide bonds. The number of anilines is 2. The molecular weight excluding hydrogens is 359 g/mol. The lowest BCUT2D eigenvalue weighted by atomic mass is 9.81. The highest BCUT2D eigenvalue weighted by Gasteiger charge is 2.30. The third-order valence-corrected chi connectivity index (χ3v) is 5.21. The number of rotatable bonds is 5. The third-order valence-electron chi connectivity index (χ3n) is 5.21. The molecule has 0 saturated heterocycles. The summed E-state index contributed by atoms with van der Waals surface area (Å²) in [5.74, 6) is -0.436. The molecule has 1 aliphatic rings. The number of aryl methyl sites for hydroxylation is 1. The molecule has 2 aromatic rings. The van der Waals surface area contributed by atoms with E-state index >= 15 is 0 Å². The Kier molecular flexibility index (Phi) is 6.29. The molecule has 28 heavy (non-hydrogen) atoms. The molecule has 6 heteroatoms. The molecule has 0 aliphatic heterocycles. The van der Waals surface area contributed by atoms with Crippen LogP contribution in [-0.2, 0) is 9.59 Å². The molecule has 3 rings (SSSR count). The Morgan fingerprint density at radius 2 is 1.50 bits per heavy atom. The zero-order valence-corrected chi connectivity index (χ0v) is 16.1. The molecule has 0 radical (unpaired) electrons. The number of carbonyl (C=O) groups excluding carboxylic acids is 2. The fraction of sp³-hybridized carbons (Fsp3) is 0.364. The van der Waals surface area contributed by atoms with Crippen molar-refractivity contribution in [1.82, 2.24) is 0 Å². The fourth-order valence-corrected chi connectivity index (χ4v) is 3.57. The summed E-state index contributed by atoms with van der Waals surface area (Å²) < 4.78 is 19.0. The standard InChI is InChI=1S/C22H25FN2O3/c1-14-7-12-20(28-2)19(13-14)25-22(27)16-10-8-15(9-11-16)21(26)24-18-6-4-3-5-17(18)23/h3-7,12-13,15-16H,8-11H2,1-2H3,(H,24,26)(H,25,27). The van der Waals surface area contributed by atoms with Crippen LogP contribution in [0, 0.1) is 24.6 Å². The van der Waals surface area contributed by atoms with Crippen molar-refractivity contribution in [2.45, 2.75) is 32.6 Å². The molecular formula is C22H25FN2O3. The number of para-hydroxylation sites is 1. The van der Waals surface area contributed by atoms with Crippen LogP contribution in [0.5, 0.6) is 5.75 Å². The zero-order valence-electron chi connectivity index (χ0n) is 16.1. The number of hydrogen-bond acceptors (Lipinski definition) is 3. The van der Waals surface area contributed by atoms with Crippen LogP contribution in [0.25, 0.3) is 0 Å². The molecule has 5 nitrogen and oxygen atoms in total. The highest BCUT2D eigenvalue weighted by Crippen LogP contribution is 2.32. The maximum atomic E-state index is 13.7. The second kappa shape index (κ2) is 8.87. The lowest BCUT2D eigenvalue weighted by Crippen LogP contribution is -2.32. The van der Waals surface area contributed by atoms with Gasteiger partial charge in [-0.15, -0.1) is 0 Å². The van der Waals surface area contributed by atoms with Crippen LogP contribution in [-0.4, -0.2) is 18.9 Å². The number of methoxy groups -OCH3 is 1. The molecule has 2 N–H and O–H groups in total. The highest BCUT2D eigenvalue weighted by atomic mass is 19.1. The normalized spacial score (nSPS) is 19.0. The topological polar surface area (TPSA) is 67.4 Å². The summed E-state index contributed by atoms with van der Waals surface area (Å²) in [6, 6.07) is 11.8. The molecule has 0 aromatic heterocycles. The van der Waals surface area contributed by atoms with Gasteiger partial charge < -0.3 is 15.4 Å².